The number of pyridine rings is 1. The van der Waals surface area contributed by atoms with Gasteiger partial charge in [0.1, 0.15) is 12.1 Å². The van der Waals surface area contributed by atoms with Crippen LogP contribution in [0.15, 0.2) is 59.6 Å². The lowest BCUT2D eigenvalue weighted by Crippen LogP contribution is -2.59. The molecule has 0 bridgehead atoms. The van der Waals surface area contributed by atoms with E-state index in [4.69, 9.17) is 9.47 Å². The van der Waals surface area contributed by atoms with E-state index in [-0.39, 0.29) is 17.4 Å². The normalized spacial score (nSPS) is 20.7. The molecule has 9 heteroatoms. The summed E-state index contributed by atoms with van der Waals surface area (Å²) in [6.07, 6.45) is 5.01. The number of fused-ring (bicyclic) bond motifs is 1. The third-order valence-electron chi connectivity index (χ3n) is 7.64. The van der Waals surface area contributed by atoms with Crippen LogP contribution >= 0.6 is 0 Å². The number of hydrogen-bond acceptors (Lipinski definition) is 6. The van der Waals surface area contributed by atoms with Gasteiger partial charge in [0.25, 0.3) is 0 Å². The van der Waals surface area contributed by atoms with Gasteiger partial charge in [-0.25, -0.2) is 8.42 Å². The molecule has 1 saturated carbocycles. The molecule has 0 N–H and O–H groups in total. The Kier molecular flexibility index (Phi) is 5.74. The highest BCUT2D eigenvalue weighted by Crippen LogP contribution is 2.38. The molecule has 188 valence electrons. The van der Waals surface area contributed by atoms with Crippen LogP contribution in [-0.4, -0.2) is 73.5 Å². The number of nitrogens with zero attached hydrogens (tertiary/aromatic N) is 3. The monoisotopic (exact) mass is 507 g/mol. The predicted octanol–water partition coefficient (Wildman–Crippen LogP) is 3.45. The fourth-order valence-electron chi connectivity index (χ4n) is 5.41. The smallest absolute Gasteiger partial charge is 0.248 e. The molecule has 2 saturated heterocycles. The lowest BCUT2D eigenvalue weighted by molar-refractivity contribution is -0.170. The Morgan fingerprint density at radius 3 is 2.50 bits per heavy atom. The van der Waals surface area contributed by atoms with Crippen LogP contribution in [0.4, 0.5) is 0 Å². The van der Waals surface area contributed by atoms with Gasteiger partial charge in [-0.3, -0.25) is 9.78 Å². The molecule has 6 rings (SSSR count). The second-order valence-electron chi connectivity index (χ2n) is 9.87. The molecule has 2 aliphatic heterocycles. The first-order valence-corrected chi connectivity index (χ1v) is 13.8. The average Bonchev–Trinajstić information content (AvgIpc) is 3.75. The molecule has 0 radical (unpaired) electrons. The zero-order valence-corrected chi connectivity index (χ0v) is 21.0. The first-order valence-electron chi connectivity index (χ1n) is 12.4. The van der Waals surface area contributed by atoms with Crippen molar-refractivity contribution in [3.8, 4) is 16.9 Å². The number of carbonyl (C=O) groups is 1. The molecule has 1 aromatic heterocycles. The van der Waals surface area contributed by atoms with Crippen molar-refractivity contribution in [2.24, 2.45) is 0 Å². The van der Waals surface area contributed by atoms with Crippen molar-refractivity contribution in [3.63, 3.8) is 0 Å². The third-order valence-corrected chi connectivity index (χ3v) is 9.55. The minimum atomic E-state index is -3.64. The number of rotatable bonds is 5. The van der Waals surface area contributed by atoms with Crippen LogP contribution < -0.4 is 4.74 Å². The number of aromatic nitrogens is 1. The number of benzene rings is 2. The summed E-state index contributed by atoms with van der Waals surface area (Å²) >= 11 is 0. The molecular weight excluding hydrogens is 478 g/mol. The van der Waals surface area contributed by atoms with Crippen molar-refractivity contribution in [3.05, 3.63) is 54.7 Å². The number of methoxy groups -OCH3 is 1. The minimum Gasteiger partial charge on any atom is -0.494 e. The Morgan fingerprint density at radius 2 is 1.81 bits per heavy atom. The summed E-state index contributed by atoms with van der Waals surface area (Å²) in [7, 11) is -2.03. The number of hydrogen-bond donors (Lipinski definition) is 0. The quantitative estimate of drug-likeness (QED) is 0.526. The standard InChI is InChI=1S/C27H29N3O5S/c1-34-26-23(11-6-20-3-2-14-28-25(20)26)19-4-9-22(10-5-19)36(32,33)29-15-12-27(13-16-29)18-30(21-7-8-21)24(31)17-35-27/h2-6,9-11,14,21H,7-8,12-13,15-18H2,1H3. The number of carbonyl (C=O) groups excluding carboxylic acids is 1. The van der Waals surface area contributed by atoms with E-state index < -0.39 is 15.6 Å². The Hall–Kier alpha value is -3.01. The zero-order valence-electron chi connectivity index (χ0n) is 20.2. The van der Waals surface area contributed by atoms with E-state index in [1.54, 1.807) is 25.4 Å². The molecule has 3 aliphatic rings. The Morgan fingerprint density at radius 1 is 1.06 bits per heavy atom. The molecule has 36 heavy (non-hydrogen) atoms. The van der Waals surface area contributed by atoms with Crippen LogP contribution in [0.3, 0.4) is 0 Å². The fourth-order valence-corrected chi connectivity index (χ4v) is 6.85. The van der Waals surface area contributed by atoms with E-state index in [1.807, 2.05) is 41.3 Å². The summed E-state index contributed by atoms with van der Waals surface area (Å²) in [6, 6.07) is 15.1. The van der Waals surface area contributed by atoms with Crippen molar-refractivity contribution in [1.82, 2.24) is 14.2 Å². The van der Waals surface area contributed by atoms with Gasteiger partial charge < -0.3 is 14.4 Å². The number of sulfonamides is 1. The molecule has 1 aliphatic carbocycles. The largest absolute Gasteiger partial charge is 0.494 e. The second-order valence-corrected chi connectivity index (χ2v) is 11.8. The van der Waals surface area contributed by atoms with Crippen LogP contribution in [0.2, 0.25) is 0 Å². The van der Waals surface area contributed by atoms with Gasteiger partial charge >= 0.3 is 0 Å². The van der Waals surface area contributed by atoms with E-state index in [0.29, 0.717) is 44.3 Å². The number of morpholine rings is 1. The van der Waals surface area contributed by atoms with Crippen LogP contribution in [0, 0.1) is 0 Å². The van der Waals surface area contributed by atoms with Crippen LogP contribution in [0.1, 0.15) is 25.7 Å². The lowest BCUT2D eigenvalue weighted by Gasteiger charge is -2.46. The zero-order chi connectivity index (χ0) is 24.9. The molecule has 2 aromatic carbocycles. The predicted molar refractivity (Wildman–Crippen MR) is 135 cm³/mol. The van der Waals surface area contributed by atoms with Gasteiger partial charge in [-0.15, -0.1) is 0 Å². The Labute approximate surface area is 210 Å². The fraction of sp³-hybridized carbons (Fsp3) is 0.407. The molecule has 1 spiro atoms. The molecule has 0 atom stereocenters. The highest BCUT2D eigenvalue weighted by Gasteiger charge is 2.47. The maximum absolute atomic E-state index is 13.4. The van der Waals surface area contributed by atoms with Crippen molar-refractivity contribution >= 4 is 26.8 Å². The van der Waals surface area contributed by atoms with E-state index in [9.17, 15) is 13.2 Å². The lowest BCUT2D eigenvalue weighted by atomic mass is 9.90. The van der Waals surface area contributed by atoms with Crippen molar-refractivity contribution in [2.75, 3.05) is 33.4 Å². The minimum absolute atomic E-state index is 0.0529. The van der Waals surface area contributed by atoms with Gasteiger partial charge in [-0.05, 0) is 55.5 Å². The van der Waals surface area contributed by atoms with Crippen LogP contribution in [0.5, 0.6) is 5.75 Å². The first-order chi connectivity index (χ1) is 17.4. The SMILES string of the molecule is COc1c(-c2ccc(S(=O)(=O)N3CCC4(CC3)CN(C3CC3)C(=O)CO4)cc2)ccc2cccnc12. The van der Waals surface area contributed by atoms with Crippen molar-refractivity contribution in [1.29, 1.82) is 0 Å². The molecule has 0 unspecified atom stereocenters. The van der Waals surface area contributed by atoms with Gasteiger partial charge in [-0.1, -0.05) is 24.3 Å². The summed E-state index contributed by atoms with van der Waals surface area (Å²) in [5, 5.41) is 0.978. The van der Waals surface area contributed by atoms with Gasteiger partial charge in [0.2, 0.25) is 15.9 Å². The topological polar surface area (TPSA) is 89.0 Å². The van der Waals surface area contributed by atoms with Crippen molar-refractivity contribution < 1.29 is 22.7 Å². The van der Waals surface area contributed by atoms with E-state index >= 15 is 0 Å². The highest BCUT2D eigenvalue weighted by atomic mass is 32.2. The third kappa shape index (κ3) is 4.05. The molecule has 3 aromatic rings. The molecule has 8 nitrogen and oxygen atoms in total. The van der Waals surface area contributed by atoms with E-state index in [2.05, 4.69) is 4.98 Å². The summed E-state index contributed by atoms with van der Waals surface area (Å²) in [6.45, 7) is 1.42. The van der Waals surface area contributed by atoms with Gasteiger partial charge in [0.15, 0.2) is 5.75 Å². The Bertz CT molecular complexity index is 1410. The number of piperidine rings is 1. The first kappa shape index (κ1) is 23.4. The van der Waals surface area contributed by atoms with E-state index in [0.717, 1.165) is 34.9 Å². The molecule has 3 fully saturated rings. The Balaban J connectivity index is 1.19. The van der Waals surface area contributed by atoms with Crippen LogP contribution in [0.25, 0.3) is 22.0 Å². The summed E-state index contributed by atoms with van der Waals surface area (Å²) in [5.74, 6) is 0.716. The molecule has 3 heterocycles. The molecular formula is C27H29N3O5S. The van der Waals surface area contributed by atoms with Crippen LogP contribution in [-0.2, 0) is 19.6 Å². The summed E-state index contributed by atoms with van der Waals surface area (Å²) in [4.78, 5) is 18.9. The number of amides is 1. The maximum atomic E-state index is 13.4. The number of ether oxygens (including phenoxy) is 2. The molecule has 1 amide bonds. The van der Waals surface area contributed by atoms with E-state index in [1.165, 1.54) is 4.31 Å². The van der Waals surface area contributed by atoms with Crippen molar-refractivity contribution in [2.45, 2.75) is 42.2 Å². The van der Waals surface area contributed by atoms with Gasteiger partial charge in [0.05, 0.1) is 24.2 Å². The summed E-state index contributed by atoms with van der Waals surface area (Å²) < 4.78 is 40.0. The second kappa shape index (κ2) is 8.83. The maximum Gasteiger partial charge on any atom is 0.248 e. The van der Waals surface area contributed by atoms with Gasteiger partial charge in [0, 0.05) is 36.3 Å². The highest BCUT2D eigenvalue weighted by molar-refractivity contribution is 7.89. The summed E-state index contributed by atoms with van der Waals surface area (Å²) in [5.41, 5.74) is 2.05. The average molecular weight is 508 g/mol. The van der Waals surface area contributed by atoms with Gasteiger partial charge in [-0.2, -0.15) is 4.31 Å².